The van der Waals surface area contributed by atoms with E-state index in [-0.39, 0.29) is 24.0 Å². The topological polar surface area (TPSA) is 67.4 Å². The van der Waals surface area contributed by atoms with Gasteiger partial charge in [-0.1, -0.05) is 12.1 Å². The molecule has 1 atom stereocenters. The molecule has 7 nitrogen and oxygen atoms in total. The number of hydrogen-bond donors (Lipinski definition) is 2. The molecular formula is C22H29IN4O3. The van der Waals surface area contributed by atoms with Crippen LogP contribution in [0.15, 0.2) is 47.5 Å². The summed E-state index contributed by atoms with van der Waals surface area (Å²) < 4.78 is 16.1. The molecule has 30 heavy (non-hydrogen) atoms. The van der Waals surface area contributed by atoms with Crippen LogP contribution in [-0.4, -0.2) is 46.5 Å². The molecule has 2 aliphatic rings. The average molecular weight is 524 g/mol. The predicted molar refractivity (Wildman–Crippen MR) is 129 cm³/mol. The number of benzene rings is 2. The molecule has 1 fully saturated rings. The molecule has 0 saturated carbocycles. The quantitative estimate of drug-likeness (QED) is 0.344. The van der Waals surface area contributed by atoms with Crippen LogP contribution in [0.3, 0.4) is 0 Å². The molecule has 0 spiro atoms. The van der Waals surface area contributed by atoms with Crippen LogP contribution < -0.4 is 29.7 Å². The number of nitrogens with one attached hydrogen (secondary N) is 2. The van der Waals surface area contributed by atoms with E-state index in [4.69, 9.17) is 14.2 Å². The van der Waals surface area contributed by atoms with E-state index in [1.807, 2.05) is 30.3 Å². The first-order valence-electron chi connectivity index (χ1n) is 9.97. The zero-order chi connectivity index (χ0) is 20.1. The largest absolute Gasteiger partial charge is 0.497 e. The Balaban J connectivity index is 0.00000256. The van der Waals surface area contributed by atoms with Crippen molar-refractivity contribution in [3.63, 3.8) is 0 Å². The van der Waals surface area contributed by atoms with Gasteiger partial charge in [-0.15, -0.1) is 24.0 Å². The SMILES string of the molecule is CN=C(NCc1ccc2c(c1)OCO2)NCC1CCN(c2cccc(OC)c2)C1.I. The van der Waals surface area contributed by atoms with Gasteiger partial charge < -0.3 is 29.7 Å². The predicted octanol–water partition coefficient (Wildman–Crippen LogP) is 3.23. The number of anilines is 1. The lowest BCUT2D eigenvalue weighted by atomic mass is 10.1. The molecule has 0 aromatic heterocycles. The minimum Gasteiger partial charge on any atom is -0.497 e. The average Bonchev–Trinajstić information content (AvgIpc) is 3.43. The van der Waals surface area contributed by atoms with Crippen LogP contribution in [0.5, 0.6) is 17.2 Å². The fraction of sp³-hybridized carbons (Fsp3) is 0.409. The minimum atomic E-state index is 0. The summed E-state index contributed by atoms with van der Waals surface area (Å²) in [7, 11) is 3.50. The Morgan fingerprint density at radius 1 is 1.17 bits per heavy atom. The Kier molecular flexibility index (Phi) is 7.89. The van der Waals surface area contributed by atoms with Gasteiger partial charge >= 0.3 is 0 Å². The Morgan fingerprint density at radius 3 is 2.87 bits per heavy atom. The molecule has 2 heterocycles. The standard InChI is InChI=1S/C22H28N4O3.HI/c1-23-22(24-12-16-6-7-20-21(10-16)29-15-28-20)25-13-17-8-9-26(14-17)18-4-3-5-19(11-18)27-2;/h3-7,10-11,17H,8-9,12-15H2,1-2H3,(H2,23,24,25);1H. The summed E-state index contributed by atoms with van der Waals surface area (Å²) in [6.07, 6.45) is 1.16. The smallest absolute Gasteiger partial charge is 0.231 e. The van der Waals surface area contributed by atoms with Crippen molar-refractivity contribution in [1.82, 2.24) is 10.6 Å². The number of fused-ring (bicyclic) bond motifs is 1. The van der Waals surface area contributed by atoms with Gasteiger partial charge in [0.25, 0.3) is 0 Å². The highest BCUT2D eigenvalue weighted by Gasteiger charge is 2.23. The Labute approximate surface area is 194 Å². The van der Waals surface area contributed by atoms with Gasteiger partial charge in [0, 0.05) is 45.0 Å². The maximum Gasteiger partial charge on any atom is 0.231 e. The lowest BCUT2D eigenvalue weighted by Crippen LogP contribution is -2.39. The summed E-state index contributed by atoms with van der Waals surface area (Å²) in [4.78, 5) is 6.76. The monoisotopic (exact) mass is 524 g/mol. The zero-order valence-electron chi connectivity index (χ0n) is 17.4. The number of methoxy groups -OCH3 is 1. The second-order valence-electron chi connectivity index (χ2n) is 7.30. The van der Waals surface area contributed by atoms with Crippen LogP contribution in [0.25, 0.3) is 0 Å². The van der Waals surface area contributed by atoms with Crippen LogP contribution >= 0.6 is 24.0 Å². The second-order valence-corrected chi connectivity index (χ2v) is 7.30. The Hall–Kier alpha value is -2.36. The van der Waals surface area contributed by atoms with Gasteiger partial charge in [-0.3, -0.25) is 4.99 Å². The first-order valence-corrected chi connectivity index (χ1v) is 9.97. The summed E-state index contributed by atoms with van der Waals surface area (Å²) in [5, 5.41) is 6.83. The molecule has 8 heteroatoms. The van der Waals surface area contributed by atoms with E-state index in [2.05, 4.69) is 32.7 Å². The van der Waals surface area contributed by atoms with Crippen molar-refractivity contribution >= 4 is 35.6 Å². The first-order chi connectivity index (χ1) is 14.2. The fourth-order valence-electron chi connectivity index (χ4n) is 3.74. The number of nitrogens with zero attached hydrogens (tertiary/aromatic N) is 2. The first kappa shape index (κ1) is 22.3. The van der Waals surface area contributed by atoms with Crippen LogP contribution in [-0.2, 0) is 6.54 Å². The van der Waals surface area contributed by atoms with E-state index < -0.39 is 0 Å². The van der Waals surface area contributed by atoms with Gasteiger partial charge in [0.05, 0.1) is 7.11 Å². The molecule has 162 valence electrons. The van der Waals surface area contributed by atoms with Crippen molar-refractivity contribution in [2.24, 2.45) is 10.9 Å². The van der Waals surface area contributed by atoms with Crippen LogP contribution in [0, 0.1) is 5.92 Å². The van der Waals surface area contributed by atoms with Gasteiger partial charge in [0.1, 0.15) is 5.75 Å². The van der Waals surface area contributed by atoms with Crippen molar-refractivity contribution in [2.45, 2.75) is 13.0 Å². The highest BCUT2D eigenvalue weighted by Crippen LogP contribution is 2.32. The molecule has 0 bridgehead atoms. The molecule has 0 radical (unpaired) electrons. The Bertz CT molecular complexity index is 877. The van der Waals surface area contributed by atoms with Crippen LogP contribution in [0.1, 0.15) is 12.0 Å². The summed E-state index contributed by atoms with van der Waals surface area (Å²) in [5.74, 6) is 3.89. The van der Waals surface area contributed by atoms with Crippen LogP contribution in [0.2, 0.25) is 0 Å². The maximum atomic E-state index is 5.44. The van der Waals surface area contributed by atoms with E-state index in [1.165, 1.54) is 5.69 Å². The third-order valence-corrected chi connectivity index (χ3v) is 5.38. The van der Waals surface area contributed by atoms with Crippen molar-refractivity contribution < 1.29 is 14.2 Å². The summed E-state index contributed by atoms with van der Waals surface area (Å²) in [6, 6.07) is 14.3. The molecule has 2 aromatic rings. The number of halogens is 1. The van der Waals surface area contributed by atoms with E-state index in [0.717, 1.165) is 54.8 Å². The van der Waals surface area contributed by atoms with Crippen molar-refractivity contribution in [2.75, 3.05) is 45.5 Å². The molecule has 0 aliphatic carbocycles. The third-order valence-electron chi connectivity index (χ3n) is 5.38. The summed E-state index contributed by atoms with van der Waals surface area (Å²) in [6.45, 7) is 3.95. The van der Waals surface area contributed by atoms with Gasteiger partial charge in [-0.2, -0.15) is 0 Å². The van der Waals surface area contributed by atoms with Gasteiger partial charge in [-0.05, 0) is 42.2 Å². The molecule has 2 aromatic carbocycles. The minimum absolute atomic E-state index is 0. The maximum absolute atomic E-state index is 5.44. The fourth-order valence-corrected chi connectivity index (χ4v) is 3.74. The van der Waals surface area contributed by atoms with Crippen molar-refractivity contribution in [3.05, 3.63) is 48.0 Å². The van der Waals surface area contributed by atoms with Crippen LogP contribution in [0.4, 0.5) is 5.69 Å². The number of hydrogen-bond acceptors (Lipinski definition) is 5. The van der Waals surface area contributed by atoms with E-state index in [9.17, 15) is 0 Å². The number of aliphatic imine (C=N–C) groups is 1. The van der Waals surface area contributed by atoms with E-state index >= 15 is 0 Å². The summed E-state index contributed by atoms with van der Waals surface area (Å²) in [5.41, 5.74) is 2.35. The lowest BCUT2D eigenvalue weighted by molar-refractivity contribution is 0.174. The van der Waals surface area contributed by atoms with E-state index in [0.29, 0.717) is 19.3 Å². The molecule has 2 N–H and O–H groups in total. The molecule has 0 amide bonds. The number of ether oxygens (including phenoxy) is 3. The highest BCUT2D eigenvalue weighted by atomic mass is 127. The van der Waals surface area contributed by atoms with Gasteiger partial charge in [-0.25, -0.2) is 0 Å². The molecule has 4 rings (SSSR count). The second kappa shape index (κ2) is 10.6. The highest BCUT2D eigenvalue weighted by molar-refractivity contribution is 14.0. The lowest BCUT2D eigenvalue weighted by Gasteiger charge is -2.20. The number of guanidine groups is 1. The molecular weight excluding hydrogens is 495 g/mol. The zero-order valence-corrected chi connectivity index (χ0v) is 19.7. The van der Waals surface area contributed by atoms with E-state index in [1.54, 1.807) is 14.2 Å². The molecule has 1 saturated heterocycles. The summed E-state index contributed by atoms with van der Waals surface area (Å²) >= 11 is 0. The Morgan fingerprint density at radius 2 is 2.03 bits per heavy atom. The molecule has 1 unspecified atom stereocenters. The van der Waals surface area contributed by atoms with Crippen molar-refractivity contribution in [3.8, 4) is 17.2 Å². The molecule has 2 aliphatic heterocycles. The van der Waals surface area contributed by atoms with Crippen molar-refractivity contribution in [1.29, 1.82) is 0 Å². The normalized spacial score (nSPS) is 17.5. The van der Waals surface area contributed by atoms with Gasteiger partial charge in [0.15, 0.2) is 17.5 Å². The van der Waals surface area contributed by atoms with Gasteiger partial charge in [0.2, 0.25) is 6.79 Å². The third kappa shape index (κ3) is 5.41. The number of rotatable bonds is 6.